The van der Waals surface area contributed by atoms with Crippen LogP contribution >= 0.6 is 0 Å². The summed E-state index contributed by atoms with van der Waals surface area (Å²) >= 11 is 0. The summed E-state index contributed by atoms with van der Waals surface area (Å²) in [5.41, 5.74) is -0.851. The maximum absolute atomic E-state index is 13.4. The van der Waals surface area contributed by atoms with Crippen LogP contribution in [0.4, 0.5) is 0 Å². The number of rotatable bonds is 14. The molecule has 12 rings (SSSR count). The molecule has 0 radical (unpaired) electrons. The number of benzene rings is 2. The molecule has 2 aromatic rings. The van der Waals surface area contributed by atoms with Crippen molar-refractivity contribution in [3.8, 4) is 12.1 Å². The molecule has 8 saturated carbocycles. The Hall–Kier alpha value is -4.24. The fraction of sp³-hybridized carbons (Fsp3) is 0.660. The number of sulfone groups is 2. The smallest absolute Gasteiger partial charge is 0.241 e. The van der Waals surface area contributed by atoms with Gasteiger partial charge in [-0.3, -0.25) is 14.4 Å². The van der Waals surface area contributed by atoms with Gasteiger partial charge in [0, 0.05) is 41.5 Å². The molecule has 4 unspecified atom stereocenters. The van der Waals surface area contributed by atoms with Gasteiger partial charge in [-0.05, 0) is 175 Å². The second-order valence-corrected chi connectivity index (χ2v) is 28.1. The minimum atomic E-state index is -3.85. The lowest BCUT2D eigenvalue weighted by molar-refractivity contribution is -0.132. The van der Waals surface area contributed by atoms with Crippen LogP contribution in [0.3, 0.4) is 0 Å². The number of Topliss-reactive ketones (excluding diaryl/α,β-unsaturated/α-hetero) is 1. The first-order valence-electron chi connectivity index (χ1n) is 24.6. The molecule has 372 valence electrons. The monoisotopic (exact) mass is 1000 g/mol. The highest BCUT2D eigenvalue weighted by molar-refractivity contribution is 7.91. The fourth-order valence-electron chi connectivity index (χ4n) is 15.1. The van der Waals surface area contributed by atoms with Gasteiger partial charge in [-0.1, -0.05) is 12.1 Å². The van der Waals surface area contributed by atoms with Gasteiger partial charge < -0.3 is 20.4 Å². The molecule has 19 heteroatoms. The molecule has 16 nitrogen and oxygen atoms in total. The zero-order valence-corrected chi connectivity index (χ0v) is 42.1. The summed E-state index contributed by atoms with van der Waals surface area (Å²) in [6.07, 6.45) is 15.1. The number of carbonyl (C=O) groups excluding carboxylic acids is 3. The summed E-state index contributed by atoms with van der Waals surface area (Å²) in [4.78, 5) is 41.1. The molecule has 2 saturated heterocycles. The topological polar surface area (TPSA) is 244 Å². The number of sulfonamides is 1. The van der Waals surface area contributed by atoms with Gasteiger partial charge in [0.1, 0.15) is 12.1 Å². The summed E-state index contributed by atoms with van der Waals surface area (Å²) in [5, 5.41) is 25.7. The molecule has 2 heterocycles. The summed E-state index contributed by atoms with van der Waals surface area (Å²) < 4.78 is 80.0. The predicted octanol–water partition coefficient (Wildman–Crippen LogP) is 4.67. The van der Waals surface area contributed by atoms with Crippen molar-refractivity contribution in [3.63, 3.8) is 0 Å². The molecular weight excluding hydrogens is 939 g/mol. The van der Waals surface area contributed by atoms with E-state index in [-0.39, 0.29) is 79.7 Å². The number of likely N-dealkylation sites (tertiary alicyclic amines) is 2. The number of nitrogens with one attached hydrogen (secondary N) is 3. The van der Waals surface area contributed by atoms with E-state index in [1.165, 1.54) is 31.2 Å². The van der Waals surface area contributed by atoms with E-state index in [4.69, 9.17) is 0 Å². The average molecular weight is 1000 g/mol. The first kappa shape index (κ1) is 49.7. The number of nitrogens with zero attached hydrogens (tertiary/aromatic N) is 4. The number of carbonyl (C=O) groups is 3. The third-order valence-electron chi connectivity index (χ3n) is 16.9. The quantitative estimate of drug-likeness (QED) is 0.218. The van der Waals surface area contributed by atoms with Crippen molar-refractivity contribution in [2.75, 3.05) is 38.2 Å². The van der Waals surface area contributed by atoms with Crippen LogP contribution in [-0.4, -0.2) is 120 Å². The summed E-state index contributed by atoms with van der Waals surface area (Å²) in [7, 11) is -10.8. The Bertz CT molecular complexity index is 2760. The van der Waals surface area contributed by atoms with Gasteiger partial charge in [-0.15, -0.1) is 0 Å². The normalized spacial score (nSPS) is 34.2. The SMILES string of the molecule is CC(=O)c1ccc(S(=O)(=O)CC23CC4CC(C2)CC(NCC(=O)N2CCC[C@H]2C#N)(C4)C3)cc1.CS(=O)(=O)c1ccc(S(=O)(=O)NC23CC4CC(CC(NCC(=O)N5CCC[C@H]5C#N)(C4)C2)C3)cc1. The van der Waals surface area contributed by atoms with Crippen molar-refractivity contribution in [3.05, 3.63) is 54.1 Å². The second kappa shape index (κ2) is 18.4. The summed E-state index contributed by atoms with van der Waals surface area (Å²) in [6.45, 7) is 3.10. The highest BCUT2D eigenvalue weighted by atomic mass is 32.2. The highest BCUT2D eigenvalue weighted by Gasteiger charge is 2.60. The van der Waals surface area contributed by atoms with E-state index in [2.05, 4.69) is 27.5 Å². The maximum Gasteiger partial charge on any atom is 0.241 e. The summed E-state index contributed by atoms with van der Waals surface area (Å²) in [5.74, 6) is 1.68. The Morgan fingerprint density at radius 1 is 0.623 bits per heavy atom. The largest absolute Gasteiger partial charge is 0.326 e. The standard InChI is InChI=1S/C26H33N3O4S.C24H32N4O5S2/c1-18(30)21-4-6-23(7-5-21)34(32,33)17-25-10-19-9-20(11-25)13-26(12-19,16-25)28-15-24(31)29-8-2-3-22(29)14-27;1-34(30,31)20-4-6-21(7-5-20)35(32,33)27-24-12-17-9-18(13-24)11-23(10-17,16-24)26-15-22(29)28-8-2-3-19(28)14-25/h4-7,19-20,22,28H,2-3,8-13,15-17H2,1H3;4-7,17-19,26-27H,2-3,8-13,15-16H2,1H3/t19?,20?,22-,25?,26?;17?,18?,19-,23?,24?/m00/s1. The lowest BCUT2D eigenvalue weighted by Gasteiger charge is -2.62. The van der Waals surface area contributed by atoms with E-state index >= 15 is 0 Å². The first-order chi connectivity index (χ1) is 32.6. The van der Waals surface area contributed by atoms with E-state index < -0.39 is 35.2 Å². The Balaban J connectivity index is 0.000000172. The van der Waals surface area contributed by atoms with Gasteiger partial charge in [0.05, 0.1) is 45.7 Å². The molecule has 6 atom stereocenters. The Labute approximate surface area is 407 Å². The zero-order chi connectivity index (χ0) is 49.2. The third-order valence-corrected chi connectivity index (χ3v) is 21.7. The van der Waals surface area contributed by atoms with Crippen LogP contribution in [0.15, 0.2) is 63.2 Å². The number of amides is 2. The molecule has 8 aliphatic carbocycles. The summed E-state index contributed by atoms with van der Waals surface area (Å²) in [6, 6.07) is 15.4. The minimum absolute atomic E-state index is 0.0213. The van der Waals surface area contributed by atoms with Crippen molar-refractivity contribution < 1.29 is 39.6 Å². The molecule has 2 amide bonds. The molecule has 10 fully saturated rings. The van der Waals surface area contributed by atoms with Gasteiger partial charge in [0.25, 0.3) is 0 Å². The lowest BCUT2D eigenvalue weighted by atomic mass is 9.47. The van der Waals surface area contributed by atoms with Gasteiger partial charge in [-0.2, -0.15) is 10.5 Å². The molecule has 69 heavy (non-hydrogen) atoms. The second-order valence-electron chi connectivity index (χ2n) is 22.4. The molecule has 2 aliphatic heterocycles. The molecular formula is C50H65N7O9S3. The number of nitriles is 2. The minimum Gasteiger partial charge on any atom is -0.326 e. The number of hydrogen-bond donors (Lipinski definition) is 3. The molecule has 3 N–H and O–H groups in total. The van der Waals surface area contributed by atoms with Crippen molar-refractivity contribution in [2.45, 2.75) is 153 Å². The van der Waals surface area contributed by atoms with Gasteiger partial charge in [0.15, 0.2) is 25.5 Å². The van der Waals surface area contributed by atoms with Gasteiger partial charge >= 0.3 is 0 Å². The molecule has 2 aromatic carbocycles. The molecule has 0 aromatic heterocycles. The van der Waals surface area contributed by atoms with Crippen molar-refractivity contribution >= 4 is 47.3 Å². The Kier molecular flexibility index (Phi) is 13.3. The van der Waals surface area contributed by atoms with Crippen LogP contribution in [0.1, 0.15) is 120 Å². The van der Waals surface area contributed by atoms with Crippen LogP contribution in [0, 0.1) is 51.7 Å². The lowest BCUT2D eigenvalue weighted by Crippen LogP contribution is -2.69. The predicted molar refractivity (Wildman–Crippen MR) is 255 cm³/mol. The van der Waals surface area contributed by atoms with E-state index in [0.29, 0.717) is 55.2 Å². The van der Waals surface area contributed by atoms with E-state index in [1.54, 1.807) is 34.1 Å². The van der Waals surface area contributed by atoms with E-state index in [1.807, 2.05) is 0 Å². The van der Waals surface area contributed by atoms with Crippen molar-refractivity contribution in [2.24, 2.45) is 29.1 Å². The number of hydrogen-bond acceptors (Lipinski definition) is 13. The van der Waals surface area contributed by atoms with Crippen LogP contribution in [-0.2, 0) is 39.3 Å². The highest BCUT2D eigenvalue weighted by Crippen LogP contribution is 2.62. The Morgan fingerprint density at radius 3 is 1.52 bits per heavy atom. The molecule has 0 spiro atoms. The first-order valence-corrected chi connectivity index (χ1v) is 29.6. The fourth-order valence-corrected chi connectivity index (χ4v) is 19.1. The average Bonchev–Trinajstić information content (AvgIpc) is 3.97. The zero-order valence-electron chi connectivity index (χ0n) is 39.6. The van der Waals surface area contributed by atoms with Crippen molar-refractivity contribution in [1.82, 2.24) is 25.2 Å². The molecule has 10 aliphatic rings. The van der Waals surface area contributed by atoms with Crippen LogP contribution in [0.2, 0.25) is 0 Å². The van der Waals surface area contributed by atoms with Crippen molar-refractivity contribution in [1.29, 1.82) is 10.5 Å². The van der Waals surface area contributed by atoms with Gasteiger partial charge in [-0.25, -0.2) is 30.0 Å². The van der Waals surface area contributed by atoms with E-state index in [9.17, 15) is 50.2 Å². The van der Waals surface area contributed by atoms with Crippen LogP contribution in [0.5, 0.6) is 0 Å². The van der Waals surface area contributed by atoms with Gasteiger partial charge in [0.2, 0.25) is 21.8 Å². The third kappa shape index (κ3) is 10.3. The van der Waals surface area contributed by atoms with Crippen LogP contribution < -0.4 is 15.4 Å². The Morgan fingerprint density at radius 2 is 1.06 bits per heavy atom. The number of ketones is 1. The van der Waals surface area contributed by atoms with Crippen LogP contribution in [0.25, 0.3) is 0 Å². The molecule has 8 bridgehead atoms. The maximum atomic E-state index is 13.4. The van der Waals surface area contributed by atoms with E-state index in [0.717, 1.165) is 96.1 Å².